The quantitative estimate of drug-likeness (QED) is 0.351. The first-order chi connectivity index (χ1) is 11.7. The van der Waals surface area contributed by atoms with Gasteiger partial charge in [-0.25, -0.2) is 4.98 Å². The van der Waals surface area contributed by atoms with E-state index in [2.05, 4.69) is 85.0 Å². The van der Waals surface area contributed by atoms with Gasteiger partial charge in [-0.1, -0.05) is 56.3 Å². The molecule has 0 aliphatic heterocycles. The van der Waals surface area contributed by atoms with E-state index in [0.29, 0.717) is 5.92 Å². The van der Waals surface area contributed by atoms with Crippen LogP contribution < -0.4 is 0 Å². The average molecular weight is 310 g/mol. The van der Waals surface area contributed by atoms with Crippen LogP contribution >= 0.6 is 0 Å². The van der Waals surface area contributed by atoms with E-state index in [9.17, 15) is 0 Å². The molecular weight excluding hydrogens is 292 g/mol. The van der Waals surface area contributed by atoms with Crippen LogP contribution in [0.1, 0.15) is 25.3 Å². The topological polar surface area (TPSA) is 17.3 Å². The molecule has 2 nitrogen and oxygen atoms in total. The normalized spacial score (nSPS) is 12.1. The molecule has 0 saturated heterocycles. The summed E-state index contributed by atoms with van der Waals surface area (Å²) in [5.74, 6) is 0.505. The smallest absolute Gasteiger partial charge is 0.146 e. The molecule has 0 spiro atoms. The molecule has 0 bridgehead atoms. The third-order valence-electron chi connectivity index (χ3n) is 4.95. The van der Waals surface area contributed by atoms with Crippen LogP contribution in [0.4, 0.5) is 0 Å². The van der Waals surface area contributed by atoms with Crippen molar-refractivity contribution in [3.63, 3.8) is 0 Å². The van der Waals surface area contributed by atoms with Crippen LogP contribution in [0.2, 0.25) is 0 Å². The largest absolute Gasteiger partial charge is 0.292 e. The second kappa shape index (κ2) is 4.81. The van der Waals surface area contributed by atoms with Gasteiger partial charge in [-0.05, 0) is 41.1 Å². The van der Waals surface area contributed by atoms with Crippen molar-refractivity contribution < 1.29 is 0 Å². The molecule has 0 saturated carbocycles. The number of rotatable bonds is 1. The van der Waals surface area contributed by atoms with Crippen LogP contribution in [0, 0.1) is 0 Å². The number of fused-ring (bicyclic) bond motifs is 8. The van der Waals surface area contributed by atoms with E-state index in [4.69, 9.17) is 4.98 Å². The second-order valence-corrected chi connectivity index (χ2v) is 6.74. The summed E-state index contributed by atoms with van der Waals surface area (Å²) in [5.41, 5.74) is 5.83. The third-order valence-corrected chi connectivity index (χ3v) is 4.95. The van der Waals surface area contributed by atoms with Crippen molar-refractivity contribution in [1.82, 2.24) is 9.38 Å². The molecule has 0 N–H and O–H groups in total. The number of hydrogen-bond donors (Lipinski definition) is 0. The molecule has 0 fully saturated rings. The maximum absolute atomic E-state index is 4.96. The Labute approximate surface area is 140 Å². The molecule has 2 aromatic heterocycles. The summed E-state index contributed by atoms with van der Waals surface area (Å²) in [7, 11) is 0. The Balaban J connectivity index is 2.13. The van der Waals surface area contributed by atoms with Crippen molar-refractivity contribution in [2.45, 2.75) is 19.8 Å². The molecule has 24 heavy (non-hydrogen) atoms. The van der Waals surface area contributed by atoms with Crippen LogP contribution in [-0.4, -0.2) is 9.38 Å². The Morgan fingerprint density at radius 2 is 1.50 bits per heavy atom. The molecular formula is C22H18N2. The number of benzene rings is 3. The molecule has 0 radical (unpaired) electrons. The van der Waals surface area contributed by atoms with Crippen molar-refractivity contribution in [3.8, 4) is 0 Å². The van der Waals surface area contributed by atoms with Gasteiger partial charge in [-0.2, -0.15) is 0 Å². The SMILES string of the molecule is CC(C)c1ccc2c3ccccc3n3c4ccccc4nc3c2c1. The molecule has 0 aliphatic rings. The zero-order valence-electron chi connectivity index (χ0n) is 13.8. The summed E-state index contributed by atoms with van der Waals surface area (Å²) in [6.07, 6.45) is 0. The highest BCUT2D eigenvalue weighted by atomic mass is 15.0. The summed E-state index contributed by atoms with van der Waals surface area (Å²) in [5, 5.41) is 3.78. The van der Waals surface area contributed by atoms with Crippen LogP contribution in [0.5, 0.6) is 0 Å². The number of aromatic nitrogens is 2. The summed E-state index contributed by atoms with van der Waals surface area (Å²) >= 11 is 0. The predicted molar refractivity (Wildman–Crippen MR) is 102 cm³/mol. The van der Waals surface area contributed by atoms with Crippen LogP contribution in [-0.2, 0) is 0 Å². The van der Waals surface area contributed by atoms with E-state index in [0.717, 1.165) is 11.2 Å². The summed E-state index contributed by atoms with van der Waals surface area (Å²) in [4.78, 5) is 4.96. The van der Waals surface area contributed by atoms with E-state index in [1.807, 2.05) is 0 Å². The van der Waals surface area contributed by atoms with Gasteiger partial charge in [-0.15, -0.1) is 0 Å². The first-order valence-electron chi connectivity index (χ1n) is 8.45. The first-order valence-corrected chi connectivity index (χ1v) is 8.45. The van der Waals surface area contributed by atoms with Crippen LogP contribution in [0.3, 0.4) is 0 Å². The van der Waals surface area contributed by atoms with Crippen LogP contribution in [0.25, 0.3) is 38.4 Å². The van der Waals surface area contributed by atoms with Crippen molar-refractivity contribution in [2.24, 2.45) is 0 Å². The Morgan fingerprint density at radius 3 is 2.33 bits per heavy atom. The fraction of sp³-hybridized carbons (Fsp3) is 0.136. The number of pyridine rings is 1. The van der Waals surface area contributed by atoms with Crippen molar-refractivity contribution in [3.05, 3.63) is 72.3 Å². The first kappa shape index (κ1) is 13.6. The molecule has 3 aromatic carbocycles. The van der Waals surface area contributed by atoms with Crippen molar-refractivity contribution >= 4 is 38.4 Å². The van der Waals surface area contributed by atoms with Gasteiger partial charge in [0.1, 0.15) is 5.65 Å². The monoisotopic (exact) mass is 310 g/mol. The minimum atomic E-state index is 0.505. The molecule has 5 aromatic rings. The van der Waals surface area contributed by atoms with Crippen molar-refractivity contribution in [1.29, 1.82) is 0 Å². The van der Waals surface area contributed by atoms with Gasteiger partial charge >= 0.3 is 0 Å². The fourth-order valence-electron chi connectivity index (χ4n) is 3.69. The highest BCUT2D eigenvalue weighted by Gasteiger charge is 2.13. The van der Waals surface area contributed by atoms with Gasteiger partial charge in [0.15, 0.2) is 0 Å². The maximum Gasteiger partial charge on any atom is 0.146 e. The molecule has 0 unspecified atom stereocenters. The summed E-state index contributed by atoms with van der Waals surface area (Å²) in [6, 6.07) is 23.8. The highest BCUT2D eigenvalue weighted by Crippen LogP contribution is 2.33. The Kier molecular flexibility index (Phi) is 2.72. The maximum atomic E-state index is 4.96. The highest BCUT2D eigenvalue weighted by molar-refractivity contribution is 6.13. The Bertz CT molecular complexity index is 1230. The number of nitrogens with zero attached hydrogens (tertiary/aromatic N) is 2. The molecule has 0 atom stereocenters. The van der Waals surface area contributed by atoms with Gasteiger partial charge in [0.25, 0.3) is 0 Å². The van der Waals surface area contributed by atoms with Crippen LogP contribution in [0.15, 0.2) is 66.7 Å². The lowest BCUT2D eigenvalue weighted by Crippen LogP contribution is -1.93. The van der Waals surface area contributed by atoms with Gasteiger partial charge in [-0.3, -0.25) is 4.40 Å². The minimum Gasteiger partial charge on any atom is -0.292 e. The molecule has 0 aliphatic carbocycles. The fourth-order valence-corrected chi connectivity index (χ4v) is 3.69. The lowest BCUT2D eigenvalue weighted by Gasteiger charge is -2.11. The van der Waals surface area contributed by atoms with E-state index in [1.165, 1.54) is 32.8 Å². The molecule has 2 heterocycles. The molecule has 2 heteroatoms. The third kappa shape index (κ3) is 1.74. The number of para-hydroxylation sites is 3. The van der Waals surface area contributed by atoms with Gasteiger partial charge in [0.05, 0.1) is 16.6 Å². The zero-order valence-corrected chi connectivity index (χ0v) is 13.8. The van der Waals surface area contributed by atoms with E-state index < -0.39 is 0 Å². The van der Waals surface area contributed by atoms with E-state index >= 15 is 0 Å². The average Bonchev–Trinajstić information content (AvgIpc) is 3.01. The number of imidazole rings is 1. The standard InChI is InChI=1S/C22H18N2/c1-14(2)15-11-12-16-17-7-3-5-9-20(17)24-21-10-6-4-8-19(21)23-22(24)18(16)13-15/h3-14H,1-2H3. The summed E-state index contributed by atoms with van der Waals surface area (Å²) < 4.78 is 2.30. The number of hydrogen-bond acceptors (Lipinski definition) is 1. The Morgan fingerprint density at radius 1 is 0.750 bits per heavy atom. The second-order valence-electron chi connectivity index (χ2n) is 6.74. The predicted octanol–water partition coefficient (Wildman–Crippen LogP) is 5.92. The minimum absolute atomic E-state index is 0.505. The zero-order chi connectivity index (χ0) is 16.3. The molecule has 5 rings (SSSR count). The Hall–Kier alpha value is -2.87. The molecule has 116 valence electrons. The molecule has 0 amide bonds. The lowest BCUT2D eigenvalue weighted by molar-refractivity contribution is 0.869. The van der Waals surface area contributed by atoms with Gasteiger partial charge in [0, 0.05) is 10.8 Å². The van der Waals surface area contributed by atoms with Gasteiger partial charge in [0.2, 0.25) is 0 Å². The van der Waals surface area contributed by atoms with Crippen molar-refractivity contribution in [2.75, 3.05) is 0 Å². The van der Waals surface area contributed by atoms with Gasteiger partial charge < -0.3 is 0 Å². The summed E-state index contributed by atoms with van der Waals surface area (Å²) in [6.45, 7) is 4.48. The van der Waals surface area contributed by atoms with E-state index in [-0.39, 0.29) is 0 Å². The van der Waals surface area contributed by atoms with E-state index in [1.54, 1.807) is 0 Å². The lowest BCUT2D eigenvalue weighted by atomic mass is 9.98.